The fraction of sp³-hybridized carbons (Fsp3) is 0.467. The van der Waals surface area contributed by atoms with Crippen molar-refractivity contribution in [1.29, 1.82) is 0 Å². The van der Waals surface area contributed by atoms with Gasteiger partial charge >= 0.3 is 0 Å². The van der Waals surface area contributed by atoms with E-state index in [0.29, 0.717) is 5.15 Å². The molecular weight excluding hydrogens is 274 g/mol. The Morgan fingerprint density at radius 3 is 2.60 bits per heavy atom. The van der Waals surface area contributed by atoms with Crippen LogP contribution < -0.4 is 4.90 Å². The molecule has 2 unspecified atom stereocenters. The van der Waals surface area contributed by atoms with Crippen molar-refractivity contribution in [3.8, 4) is 0 Å². The van der Waals surface area contributed by atoms with Crippen molar-refractivity contribution in [1.82, 2.24) is 10.2 Å². The summed E-state index contributed by atoms with van der Waals surface area (Å²) in [5.41, 5.74) is 0. The predicted octanol–water partition coefficient (Wildman–Crippen LogP) is 3.02. The van der Waals surface area contributed by atoms with E-state index >= 15 is 0 Å². The number of nitrogens with zero attached hydrogens (tertiary/aromatic N) is 3. The minimum Gasteiger partial charge on any atom is -0.391 e. The van der Waals surface area contributed by atoms with Crippen molar-refractivity contribution in [2.24, 2.45) is 0 Å². The van der Waals surface area contributed by atoms with E-state index in [-0.39, 0.29) is 12.1 Å². The number of hydrogen-bond donors (Lipinski definition) is 1. The molecule has 0 saturated heterocycles. The van der Waals surface area contributed by atoms with Crippen LogP contribution in [0.5, 0.6) is 0 Å². The molecule has 0 aliphatic heterocycles. The molecule has 1 fully saturated rings. The summed E-state index contributed by atoms with van der Waals surface area (Å²) in [6, 6.07) is 7.95. The van der Waals surface area contributed by atoms with E-state index < -0.39 is 0 Å². The van der Waals surface area contributed by atoms with Crippen molar-refractivity contribution in [2.75, 3.05) is 11.9 Å². The van der Waals surface area contributed by atoms with Gasteiger partial charge in [-0.25, -0.2) is 0 Å². The van der Waals surface area contributed by atoms with Crippen LogP contribution in [-0.2, 0) is 0 Å². The van der Waals surface area contributed by atoms with Gasteiger partial charge in [0.15, 0.2) is 11.0 Å². The van der Waals surface area contributed by atoms with Gasteiger partial charge in [-0.3, -0.25) is 0 Å². The van der Waals surface area contributed by atoms with Crippen LogP contribution in [-0.4, -0.2) is 34.5 Å². The van der Waals surface area contributed by atoms with Crippen molar-refractivity contribution < 1.29 is 5.11 Å². The van der Waals surface area contributed by atoms with Crippen LogP contribution in [0.15, 0.2) is 24.3 Å². The molecule has 1 saturated carbocycles. The van der Waals surface area contributed by atoms with E-state index in [1.165, 1.54) is 0 Å². The molecule has 2 aromatic rings. The molecular formula is C15H18ClN3O. The number of fused-ring (bicyclic) bond motifs is 1. The number of likely N-dealkylation sites (N-methyl/N-ethyl adjacent to an activating group) is 1. The normalized spacial score (nSPS) is 22.9. The fourth-order valence-electron chi connectivity index (χ4n) is 3.02. The number of rotatable bonds is 2. The lowest BCUT2D eigenvalue weighted by Crippen LogP contribution is -2.44. The zero-order valence-electron chi connectivity index (χ0n) is 11.5. The Bertz CT molecular complexity index is 619. The Hall–Kier alpha value is -1.39. The fourth-order valence-corrected chi connectivity index (χ4v) is 3.22. The Balaban J connectivity index is 2.03. The topological polar surface area (TPSA) is 49.2 Å². The van der Waals surface area contributed by atoms with Crippen LogP contribution in [0.2, 0.25) is 5.15 Å². The summed E-state index contributed by atoms with van der Waals surface area (Å²) >= 11 is 6.11. The van der Waals surface area contributed by atoms with E-state index in [2.05, 4.69) is 15.1 Å². The average Bonchev–Trinajstić information content (AvgIpc) is 2.48. The standard InChI is InChI=1S/C15H18ClN3O/c1-19(12-8-4-5-9-13(12)20)15-11-7-3-2-6-10(11)14(16)17-18-15/h2-3,6-7,12-13,20H,4-5,8-9H2,1H3. The van der Waals surface area contributed by atoms with Gasteiger partial charge in [-0.05, 0) is 12.8 Å². The summed E-state index contributed by atoms with van der Waals surface area (Å²) in [5.74, 6) is 0.788. The SMILES string of the molecule is CN(c1nnc(Cl)c2ccccc12)C1CCCCC1O. The number of benzene rings is 1. The molecule has 3 rings (SSSR count). The number of aliphatic hydroxyl groups excluding tert-OH is 1. The van der Waals surface area contributed by atoms with Crippen molar-refractivity contribution in [3.05, 3.63) is 29.4 Å². The largest absolute Gasteiger partial charge is 0.391 e. The predicted molar refractivity (Wildman–Crippen MR) is 81.2 cm³/mol. The maximum atomic E-state index is 10.2. The van der Waals surface area contributed by atoms with E-state index in [0.717, 1.165) is 42.3 Å². The summed E-state index contributed by atoms with van der Waals surface area (Å²) in [6.07, 6.45) is 3.78. The van der Waals surface area contributed by atoms with Gasteiger partial charge in [0, 0.05) is 17.8 Å². The van der Waals surface area contributed by atoms with Crippen LogP contribution in [0, 0.1) is 0 Å². The second kappa shape index (κ2) is 5.54. The highest BCUT2D eigenvalue weighted by Gasteiger charge is 2.28. The first-order chi connectivity index (χ1) is 9.68. The highest BCUT2D eigenvalue weighted by Crippen LogP contribution is 2.31. The lowest BCUT2D eigenvalue weighted by molar-refractivity contribution is 0.106. The van der Waals surface area contributed by atoms with Gasteiger partial charge in [0.25, 0.3) is 0 Å². The Morgan fingerprint density at radius 1 is 1.15 bits per heavy atom. The third kappa shape index (κ3) is 2.34. The first-order valence-electron chi connectivity index (χ1n) is 7.00. The molecule has 2 atom stereocenters. The second-order valence-corrected chi connectivity index (χ2v) is 5.75. The summed E-state index contributed by atoms with van der Waals surface area (Å²) in [6.45, 7) is 0. The van der Waals surface area contributed by atoms with E-state index in [1.54, 1.807) is 0 Å². The van der Waals surface area contributed by atoms with E-state index in [1.807, 2.05) is 31.3 Å². The Morgan fingerprint density at radius 2 is 1.85 bits per heavy atom. The molecule has 0 amide bonds. The van der Waals surface area contributed by atoms with Crippen LogP contribution in [0.3, 0.4) is 0 Å². The molecule has 1 aromatic heterocycles. The quantitative estimate of drug-likeness (QED) is 0.924. The van der Waals surface area contributed by atoms with E-state index in [9.17, 15) is 5.11 Å². The van der Waals surface area contributed by atoms with Crippen molar-refractivity contribution in [2.45, 2.75) is 37.8 Å². The van der Waals surface area contributed by atoms with Crippen LogP contribution in [0.25, 0.3) is 10.8 Å². The zero-order chi connectivity index (χ0) is 14.1. The first kappa shape index (κ1) is 13.6. The molecule has 5 heteroatoms. The minimum atomic E-state index is -0.301. The van der Waals surface area contributed by atoms with Crippen LogP contribution in [0.1, 0.15) is 25.7 Å². The zero-order valence-corrected chi connectivity index (χ0v) is 12.2. The maximum absolute atomic E-state index is 10.2. The summed E-state index contributed by atoms with van der Waals surface area (Å²) in [4.78, 5) is 2.05. The number of hydrogen-bond acceptors (Lipinski definition) is 4. The molecule has 0 radical (unpaired) electrons. The van der Waals surface area contributed by atoms with Gasteiger partial charge in [-0.1, -0.05) is 48.7 Å². The number of anilines is 1. The summed E-state index contributed by atoms with van der Waals surface area (Å²) in [5, 5.41) is 20.8. The highest BCUT2D eigenvalue weighted by atomic mass is 35.5. The molecule has 4 nitrogen and oxygen atoms in total. The molecule has 106 valence electrons. The lowest BCUT2D eigenvalue weighted by Gasteiger charge is -2.36. The Kier molecular flexibility index (Phi) is 3.76. The van der Waals surface area contributed by atoms with E-state index in [4.69, 9.17) is 11.6 Å². The summed E-state index contributed by atoms with van der Waals surface area (Å²) in [7, 11) is 1.98. The maximum Gasteiger partial charge on any atom is 0.159 e. The molecule has 1 N–H and O–H groups in total. The first-order valence-corrected chi connectivity index (χ1v) is 7.38. The molecule has 20 heavy (non-hydrogen) atoms. The van der Waals surface area contributed by atoms with Gasteiger partial charge in [-0.2, -0.15) is 0 Å². The Labute approximate surface area is 123 Å². The molecule has 1 heterocycles. The summed E-state index contributed by atoms with van der Waals surface area (Å²) < 4.78 is 0. The van der Waals surface area contributed by atoms with Crippen LogP contribution in [0.4, 0.5) is 5.82 Å². The monoisotopic (exact) mass is 291 g/mol. The van der Waals surface area contributed by atoms with Gasteiger partial charge < -0.3 is 10.0 Å². The molecule has 1 aliphatic rings. The highest BCUT2D eigenvalue weighted by molar-refractivity contribution is 6.34. The lowest BCUT2D eigenvalue weighted by atomic mass is 9.91. The third-order valence-electron chi connectivity index (χ3n) is 4.15. The second-order valence-electron chi connectivity index (χ2n) is 5.39. The van der Waals surface area contributed by atoms with Crippen LogP contribution >= 0.6 is 11.6 Å². The van der Waals surface area contributed by atoms with Gasteiger partial charge in [0.2, 0.25) is 0 Å². The third-order valence-corrected chi connectivity index (χ3v) is 4.43. The van der Waals surface area contributed by atoms with Gasteiger partial charge in [0.1, 0.15) is 0 Å². The number of aromatic nitrogens is 2. The molecule has 1 aromatic carbocycles. The number of aliphatic hydroxyl groups is 1. The molecule has 1 aliphatic carbocycles. The number of halogens is 1. The molecule has 0 spiro atoms. The van der Waals surface area contributed by atoms with Crippen molar-refractivity contribution >= 4 is 28.2 Å². The minimum absolute atomic E-state index is 0.0997. The van der Waals surface area contributed by atoms with Crippen molar-refractivity contribution in [3.63, 3.8) is 0 Å². The smallest absolute Gasteiger partial charge is 0.159 e. The van der Waals surface area contributed by atoms with Gasteiger partial charge in [-0.15, -0.1) is 10.2 Å². The average molecular weight is 292 g/mol. The van der Waals surface area contributed by atoms with Gasteiger partial charge in [0.05, 0.1) is 12.1 Å². The molecule has 0 bridgehead atoms.